The molecule has 8 heteroatoms. The standard InChI is InChI=1S/C27H26N4O4/c1-19(22-8-10-24(25(16-22)34-2)35-18-20-12-14-28-15-13-20)29-26(32)17-31-27(33)11-9-23(30-31)21-6-4-3-5-7-21/h3-16,19H,17-18H2,1-2H3,(H,29,32). The van der Waals surface area contributed by atoms with E-state index in [0.717, 1.165) is 16.7 Å². The molecule has 0 fully saturated rings. The molecule has 1 unspecified atom stereocenters. The molecule has 8 nitrogen and oxygen atoms in total. The fourth-order valence-corrected chi connectivity index (χ4v) is 3.54. The molecule has 0 radical (unpaired) electrons. The Balaban J connectivity index is 1.41. The van der Waals surface area contributed by atoms with Gasteiger partial charge in [-0.15, -0.1) is 0 Å². The Bertz CT molecular complexity index is 1340. The van der Waals surface area contributed by atoms with Crippen LogP contribution in [-0.2, 0) is 17.9 Å². The van der Waals surface area contributed by atoms with E-state index in [1.54, 1.807) is 25.6 Å². The third kappa shape index (κ3) is 6.11. The van der Waals surface area contributed by atoms with Crippen molar-refractivity contribution in [3.05, 3.63) is 107 Å². The summed E-state index contributed by atoms with van der Waals surface area (Å²) in [5.41, 5.74) is 2.98. The molecule has 178 valence electrons. The van der Waals surface area contributed by atoms with Crippen LogP contribution in [0.1, 0.15) is 24.1 Å². The van der Waals surface area contributed by atoms with Crippen molar-refractivity contribution in [2.75, 3.05) is 7.11 Å². The quantitative estimate of drug-likeness (QED) is 0.400. The fourth-order valence-electron chi connectivity index (χ4n) is 3.54. The normalized spacial score (nSPS) is 11.5. The van der Waals surface area contributed by atoms with Crippen LogP contribution >= 0.6 is 0 Å². The first kappa shape index (κ1) is 23.7. The molecule has 2 aromatic heterocycles. The predicted octanol–water partition coefficient (Wildman–Crippen LogP) is 3.77. The van der Waals surface area contributed by atoms with E-state index < -0.39 is 0 Å². The van der Waals surface area contributed by atoms with E-state index in [1.807, 2.05) is 67.6 Å². The minimum absolute atomic E-state index is 0.186. The Morgan fingerprint density at radius 3 is 2.51 bits per heavy atom. The number of ether oxygens (including phenoxy) is 2. The second-order valence-corrected chi connectivity index (χ2v) is 7.92. The zero-order valence-electron chi connectivity index (χ0n) is 19.5. The van der Waals surface area contributed by atoms with Gasteiger partial charge in [-0.05, 0) is 48.4 Å². The molecule has 0 aliphatic heterocycles. The zero-order chi connectivity index (χ0) is 24.6. The van der Waals surface area contributed by atoms with Gasteiger partial charge in [-0.25, -0.2) is 4.68 Å². The monoisotopic (exact) mass is 470 g/mol. The summed E-state index contributed by atoms with van der Waals surface area (Å²) in [6, 6.07) is 21.5. The summed E-state index contributed by atoms with van der Waals surface area (Å²) in [6.45, 7) is 2.06. The van der Waals surface area contributed by atoms with Gasteiger partial charge in [-0.1, -0.05) is 36.4 Å². The molecule has 1 atom stereocenters. The van der Waals surface area contributed by atoms with Crippen LogP contribution in [0.25, 0.3) is 11.3 Å². The first-order chi connectivity index (χ1) is 17.0. The highest BCUT2D eigenvalue weighted by Crippen LogP contribution is 2.31. The smallest absolute Gasteiger partial charge is 0.267 e. The van der Waals surface area contributed by atoms with Crippen molar-refractivity contribution in [3.63, 3.8) is 0 Å². The predicted molar refractivity (Wildman–Crippen MR) is 132 cm³/mol. The van der Waals surface area contributed by atoms with Gasteiger partial charge in [-0.2, -0.15) is 5.10 Å². The van der Waals surface area contributed by atoms with Gasteiger partial charge in [-0.3, -0.25) is 14.6 Å². The van der Waals surface area contributed by atoms with E-state index in [0.29, 0.717) is 23.8 Å². The topological polar surface area (TPSA) is 95.3 Å². The number of pyridine rings is 1. The van der Waals surface area contributed by atoms with E-state index in [2.05, 4.69) is 15.4 Å². The number of amides is 1. The summed E-state index contributed by atoms with van der Waals surface area (Å²) in [5, 5.41) is 7.27. The maximum atomic E-state index is 12.7. The molecule has 4 aromatic rings. The zero-order valence-corrected chi connectivity index (χ0v) is 19.5. The molecule has 35 heavy (non-hydrogen) atoms. The number of carbonyl (C=O) groups is 1. The first-order valence-electron chi connectivity index (χ1n) is 11.2. The average Bonchev–Trinajstić information content (AvgIpc) is 2.89. The molecule has 0 aliphatic rings. The average molecular weight is 471 g/mol. The largest absolute Gasteiger partial charge is 0.493 e. The van der Waals surface area contributed by atoms with Crippen LogP contribution in [-0.4, -0.2) is 27.8 Å². The van der Waals surface area contributed by atoms with Gasteiger partial charge < -0.3 is 14.8 Å². The van der Waals surface area contributed by atoms with Crippen molar-refractivity contribution in [2.45, 2.75) is 26.1 Å². The number of rotatable bonds is 9. The number of nitrogens with zero attached hydrogens (tertiary/aromatic N) is 3. The van der Waals surface area contributed by atoms with Crippen LogP contribution in [0, 0.1) is 0 Å². The van der Waals surface area contributed by atoms with Crippen molar-refractivity contribution in [1.29, 1.82) is 0 Å². The first-order valence-corrected chi connectivity index (χ1v) is 11.2. The molecule has 1 N–H and O–H groups in total. The van der Waals surface area contributed by atoms with Crippen LogP contribution in [0.5, 0.6) is 11.5 Å². The second-order valence-electron chi connectivity index (χ2n) is 7.92. The molecule has 1 amide bonds. The number of methoxy groups -OCH3 is 1. The number of aromatic nitrogens is 3. The minimum atomic E-state index is -0.343. The van der Waals surface area contributed by atoms with Gasteiger partial charge in [0.05, 0.1) is 18.8 Å². The van der Waals surface area contributed by atoms with Crippen molar-refractivity contribution in [1.82, 2.24) is 20.1 Å². The van der Waals surface area contributed by atoms with Gasteiger partial charge in [0.15, 0.2) is 11.5 Å². The molecule has 0 spiro atoms. The molecule has 0 saturated carbocycles. The van der Waals surface area contributed by atoms with E-state index in [4.69, 9.17) is 9.47 Å². The highest BCUT2D eigenvalue weighted by atomic mass is 16.5. The van der Waals surface area contributed by atoms with E-state index >= 15 is 0 Å². The third-order valence-corrected chi connectivity index (χ3v) is 5.44. The molecule has 0 saturated heterocycles. The number of hydrogen-bond acceptors (Lipinski definition) is 6. The van der Waals surface area contributed by atoms with Gasteiger partial charge in [0, 0.05) is 24.0 Å². The van der Waals surface area contributed by atoms with Crippen molar-refractivity contribution >= 4 is 5.91 Å². The van der Waals surface area contributed by atoms with Gasteiger partial charge >= 0.3 is 0 Å². The van der Waals surface area contributed by atoms with Crippen LogP contribution in [0.3, 0.4) is 0 Å². The van der Waals surface area contributed by atoms with Crippen LogP contribution in [0.15, 0.2) is 90.0 Å². The lowest BCUT2D eigenvalue weighted by Crippen LogP contribution is -2.34. The maximum absolute atomic E-state index is 12.7. The lowest BCUT2D eigenvalue weighted by molar-refractivity contribution is -0.122. The second kappa shape index (κ2) is 11.1. The van der Waals surface area contributed by atoms with E-state index in [-0.39, 0.29) is 24.1 Å². The van der Waals surface area contributed by atoms with Gasteiger partial charge in [0.2, 0.25) is 5.91 Å². The summed E-state index contributed by atoms with van der Waals surface area (Å²) < 4.78 is 12.5. The Morgan fingerprint density at radius 2 is 1.77 bits per heavy atom. The lowest BCUT2D eigenvalue weighted by atomic mass is 10.1. The summed E-state index contributed by atoms with van der Waals surface area (Å²) in [4.78, 5) is 29.0. The molecule has 4 rings (SSSR count). The summed E-state index contributed by atoms with van der Waals surface area (Å²) in [7, 11) is 1.57. The number of benzene rings is 2. The Morgan fingerprint density at radius 1 is 1.00 bits per heavy atom. The maximum Gasteiger partial charge on any atom is 0.267 e. The fraction of sp³-hybridized carbons (Fsp3) is 0.185. The Labute approximate surface area is 203 Å². The van der Waals surface area contributed by atoms with Crippen molar-refractivity contribution in [3.8, 4) is 22.8 Å². The van der Waals surface area contributed by atoms with Gasteiger partial charge in [0.1, 0.15) is 13.2 Å². The van der Waals surface area contributed by atoms with Crippen LogP contribution in [0.4, 0.5) is 0 Å². The number of hydrogen-bond donors (Lipinski definition) is 1. The molecular formula is C27H26N4O4. The molecule has 2 aromatic carbocycles. The highest BCUT2D eigenvalue weighted by Gasteiger charge is 2.15. The lowest BCUT2D eigenvalue weighted by Gasteiger charge is -2.17. The van der Waals surface area contributed by atoms with Crippen LogP contribution < -0.4 is 20.3 Å². The van der Waals surface area contributed by atoms with Gasteiger partial charge in [0.25, 0.3) is 5.56 Å². The SMILES string of the molecule is COc1cc(C(C)NC(=O)Cn2nc(-c3ccccc3)ccc2=O)ccc1OCc1ccncc1. The molecule has 0 bridgehead atoms. The molecule has 2 heterocycles. The van der Waals surface area contributed by atoms with E-state index in [9.17, 15) is 9.59 Å². The van der Waals surface area contributed by atoms with Crippen molar-refractivity contribution < 1.29 is 14.3 Å². The molecular weight excluding hydrogens is 444 g/mol. The Hall–Kier alpha value is -4.46. The molecule has 0 aliphatic carbocycles. The summed E-state index contributed by atoms with van der Waals surface area (Å²) >= 11 is 0. The number of carbonyl (C=O) groups excluding carboxylic acids is 1. The highest BCUT2D eigenvalue weighted by molar-refractivity contribution is 5.76. The minimum Gasteiger partial charge on any atom is -0.493 e. The Kier molecular flexibility index (Phi) is 7.52. The number of nitrogens with one attached hydrogen (secondary N) is 1. The van der Waals surface area contributed by atoms with Crippen LogP contribution in [0.2, 0.25) is 0 Å². The summed E-state index contributed by atoms with van der Waals surface area (Å²) in [5.74, 6) is 0.834. The van der Waals surface area contributed by atoms with Crippen molar-refractivity contribution in [2.24, 2.45) is 0 Å². The van der Waals surface area contributed by atoms with E-state index in [1.165, 1.54) is 10.7 Å². The third-order valence-electron chi connectivity index (χ3n) is 5.44. The summed E-state index contributed by atoms with van der Waals surface area (Å²) in [6.07, 6.45) is 3.43.